The van der Waals surface area contributed by atoms with Crippen molar-refractivity contribution >= 4 is 0 Å². The zero-order chi connectivity index (χ0) is 13.8. The van der Waals surface area contributed by atoms with Crippen molar-refractivity contribution in [1.82, 2.24) is 4.90 Å². The zero-order valence-corrected chi connectivity index (χ0v) is 12.3. The van der Waals surface area contributed by atoms with Crippen LogP contribution in [-0.4, -0.2) is 37.0 Å². The third kappa shape index (κ3) is 3.60. The SMILES string of the molecule is C[C@H]1CN(Cc2ccccc2)C[C@H]1OC1CCCCO1. The lowest BCUT2D eigenvalue weighted by molar-refractivity contribution is -0.191. The van der Waals surface area contributed by atoms with Gasteiger partial charge in [0.1, 0.15) is 0 Å². The van der Waals surface area contributed by atoms with E-state index in [1.807, 2.05) is 0 Å². The topological polar surface area (TPSA) is 21.7 Å². The molecule has 1 aromatic carbocycles. The van der Waals surface area contributed by atoms with Crippen molar-refractivity contribution < 1.29 is 9.47 Å². The van der Waals surface area contributed by atoms with E-state index in [9.17, 15) is 0 Å². The second-order valence-electron chi connectivity index (χ2n) is 6.13. The van der Waals surface area contributed by atoms with Gasteiger partial charge in [0.2, 0.25) is 0 Å². The Kier molecular flexibility index (Phi) is 4.71. The monoisotopic (exact) mass is 275 g/mol. The van der Waals surface area contributed by atoms with E-state index in [1.54, 1.807) is 0 Å². The minimum Gasteiger partial charge on any atom is -0.353 e. The number of hydrogen-bond acceptors (Lipinski definition) is 3. The summed E-state index contributed by atoms with van der Waals surface area (Å²) in [6, 6.07) is 10.7. The van der Waals surface area contributed by atoms with Crippen LogP contribution in [0.5, 0.6) is 0 Å². The average molecular weight is 275 g/mol. The molecule has 2 heterocycles. The maximum atomic E-state index is 6.17. The van der Waals surface area contributed by atoms with Crippen molar-refractivity contribution in [2.75, 3.05) is 19.7 Å². The second kappa shape index (κ2) is 6.70. The fourth-order valence-electron chi connectivity index (χ4n) is 3.20. The van der Waals surface area contributed by atoms with Crippen LogP contribution < -0.4 is 0 Å². The normalized spacial score (nSPS) is 31.6. The summed E-state index contributed by atoms with van der Waals surface area (Å²) in [7, 11) is 0. The zero-order valence-electron chi connectivity index (χ0n) is 12.3. The molecule has 110 valence electrons. The Bertz CT molecular complexity index is 403. The summed E-state index contributed by atoms with van der Waals surface area (Å²) in [4.78, 5) is 2.49. The average Bonchev–Trinajstić information content (AvgIpc) is 2.81. The van der Waals surface area contributed by atoms with Crippen molar-refractivity contribution in [2.45, 2.75) is 45.1 Å². The van der Waals surface area contributed by atoms with E-state index in [0.717, 1.165) is 32.7 Å². The Morgan fingerprint density at radius 3 is 2.80 bits per heavy atom. The highest BCUT2D eigenvalue weighted by Crippen LogP contribution is 2.25. The van der Waals surface area contributed by atoms with Crippen LogP contribution in [-0.2, 0) is 16.0 Å². The molecular formula is C17H25NO2. The first kappa shape index (κ1) is 14.1. The molecule has 0 saturated carbocycles. The van der Waals surface area contributed by atoms with Gasteiger partial charge in [0, 0.05) is 26.2 Å². The van der Waals surface area contributed by atoms with Crippen LogP contribution in [0.4, 0.5) is 0 Å². The minimum atomic E-state index is 0.0351. The Morgan fingerprint density at radius 2 is 2.05 bits per heavy atom. The van der Waals surface area contributed by atoms with Gasteiger partial charge in [0.25, 0.3) is 0 Å². The van der Waals surface area contributed by atoms with Crippen LogP contribution in [0, 0.1) is 5.92 Å². The molecule has 3 nitrogen and oxygen atoms in total. The third-order valence-electron chi connectivity index (χ3n) is 4.33. The molecule has 3 heteroatoms. The van der Waals surface area contributed by atoms with E-state index in [2.05, 4.69) is 42.2 Å². The fourth-order valence-corrected chi connectivity index (χ4v) is 3.20. The maximum Gasteiger partial charge on any atom is 0.158 e. The fraction of sp³-hybridized carbons (Fsp3) is 0.647. The summed E-state index contributed by atoms with van der Waals surface area (Å²) >= 11 is 0. The van der Waals surface area contributed by atoms with E-state index in [4.69, 9.17) is 9.47 Å². The standard InChI is InChI=1S/C17H25NO2/c1-14-11-18(12-15-7-3-2-4-8-15)13-16(14)20-17-9-5-6-10-19-17/h2-4,7-8,14,16-17H,5-6,9-13H2,1H3/t14-,16+,17?/m0/s1. The second-order valence-corrected chi connectivity index (χ2v) is 6.13. The molecule has 0 bridgehead atoms. The lowest BCUT2D eigenvalue weighted by atomic mass is 10.1. The molecule has 3 rings (SSSR count). The molecule has 0 N–H and O–H groups in total. The quantitative estimate of drug-likeness (QED) is 0.843. The summed E-state index contributed by atoms with van der Waals surface area (Å²) in [6.45, 7) is 6.32. The Balaban J connectivity index is 1.51. The molecule has 0 aromatic heterocycles. The summed E-state index contributed by atoms with van der Waals surface area (Å²) < 4.78 is 11.9. The summed E-state index contributed by atoms with van der Waals surface area (Å²) in [6.07, 6.45) is 3.83. The summed E-state index contributed by atoms with van der Waals surface area (Å²) in [5, 5.41) is 0. The van der Waals surface area contributed by atoms with Crippen LogP contribution in [0.25, 0.3) is 0 Å². The van der Waals surface area contributed by atoms with Crippen molar-refractivity contribution in [3.8, 4) is 0 Å². The third-order valence-corrected chi connectivity index (χ3v) is 4.33. The van der Waals surface area contributed by atoms with Crippen molar-refractivity contribution in [1.29, 1.82) is 0 Å². The van der Waals surface area contributed by atoms with Gasteiger partial charge < -0.3 is 9.47 Å². The van der Waals surface area contributed by atoms with Gasteiger partial charge in [-0.2, -0.15) is 0 Å². The Morgan fingerprint density at radius 1 is 1.20 bits per heavy atom. The van der Waals surface area contributed by atoms with Crippen molar-refractivity contribution in [2.24, 2.45) is 5.92 Å². The molecule has 2 saturated heterocycles. The molecule has 0 amide bonds. The lowest BCUT2D eigenvalue weighted by Gasteiger charge is -2.27. The largest absolute Gasteiger partial charge is 0.353 e. The van der Waals surface area contributed by atoms with Gasteiger partial charge in [0.05, 0.1) is 6.10 Å². The number of ether oxygens (including phenoxy) is 2. The van der Waals surface area contributed by atoms with Crippen LogP contribution in [0.1, 0.15) is 31.7 Å². The number of nitrogens with zero attached hydrogens (tertiary/aromatic N) is 1. The van der Waals surface area contributed by atoms with E-state index < -0.39 is 0 Å². The first-order valence-electron chi connectivity index (χ1n) is 7.84. The molecule has 1 unspecified atom stereocenters. The molecule has 2 aliphatic heterocycles. The van der Waals surface area contributed by atoms with E-state index in [1.165, 1.54) is 18.4 Å². The number of rotatable bonds is 4. The number of benzene rings is 1. The molecule has 0 radical (unpaired) electrons. The molecular weight excluding hydrogens is 250 g/mol. The van der Waals surface area contributed by atoms with Gasteiger partial charge in [0.15, 0.2) is 6.29 Å². The maximum absolute atomic E-state index is 6.17. The highest BCUT2D eigenvalue weighted by Gasteiger charge is 2.32. The summed E-state index contributed by atoms with van der Waals surface area (Å²) in [5.41, 5.74) is 1.38. The van der Waals surface area contributed by atoms with Gasteiger partial charge in [-0.3, -0.25) is 4.90 Å². The predicted molar refractivity (Wildman–Crippen MR) is 79.3 cm³/mol. The highest BCUT2D eigenvalue weighted by atomic mass is 16.7. The highest BCUT2D eigenvalue weighted by molar-refractivity contribution is 5.14. The minimum absolute atomic E-state index is 0.0351. The lowest BCUT2D eigenvalue weighted by Crippen LogP contribution is -2.32. The van der Waals surface area contributed by atoms with Crippen molar-refractivity contribution in [3.05, 3.63) is 35.9 Å². The van der Waals surface area contributed by atoms with Gasteiger partial charge in [-0.25, -0.2) is 0 Å². The Hall–Kier alpha value is -0.900. The molecule has 3 atom stereocenters. The van der Waals surface area contributed by atoms with Crippen molar-refractivity contribution in [3.63, 3.8) is 0 Å². The molecule has 2 aliphatic rings. The van der Waals surface area contributed by atoms with Crippen LogP contribution in [0.3, 0.4) is 0 Å². The first-order chi connectivity index (χ1) is 9.81. The molecule has 20 heavy (non-hydrogen) atoms. The van der Waals surface area contributed by atoms with E-state index >= 15 is 0 Å². The van der Waals surface area contributed by atoms with Gasteiger partial charge >= 0.3 is 0 Å². The predicted octanol–water partition coefficient (Wildman–Crippen LogP) is 3.05. The van der Waals surface area contributed by atoms with Gasteiger partial charge in [-0.1, -0.05) is 37.3 Å². The van der Waals surface area contributed by atoms with Crippen LogP contribution in [0.2, 0.25) is 0 Å². The molecule has 0 aliphatic carbocycles. The van der Waals surface area contributed by atoms with Gasteiger partial charge in [-0.05, 0) is 30.7 Å². The Labute approximate surface area is 121 Å². The molecule has 0 spiro atoms. The van der Waals surface area contributed by atoms with E-state index in [-0.39, 0.29) is 6.29 Å². The molecule has 2 fully saturated rings. The first-order valence-corrected chi connectivity index (χ1v) is 7.84. The summed E-state index contributed by atoms with van der Waals surface area (Å²) in [5.74, 6) is 0.587. The van der Waals surface area contributed by atoms with Gasteiger partial charge in [-0.15, -0.1) is 0 Å². The van der Waals surface area contributed by atoms with E-state index in [0.29, 0.717) is 12.0 Å². The molecule has 1 aromatic rings. The number of likely N-dealkylation sites (tertiary alicyclic amines) is 1. The van der Waals surface area contributed by atoms with Crippen LogP contribution >= 0.6 is 0 Å². The smallest absolute Gasteiger partial charge is 0.158 e. The number of hydrogen-bond donors (Lipinski definition) is 0. The van der Waals surface area contributed by atoms with Crippen LogP contribution in [0.15, 0.2) is 30.3 Å².